The summed E-state index contributed by atoms with van der Waals surface area (Å²) in [5.41, 5.74) is 1.62. The van der Waals surface area contributed by atoms with Crippen LogP contribution in [0.4, 0.5) is 4.79 Å². The van der Waals surface area contributed by atoms with Crippen LogP contribution in [0.25, 0.3) is 0 Å². The van der Waals surface area contributed by atoms with E-state index in [4.69, 9.17) is 9.47 Å². The summed E-state index contributed by atoms with van der Waals surface area (Å²) >= 11 is 0. The fourth-order valence-corrected chi connectivity index (χ4v) is 2.45. The molecule has 1 atom stereocenters. The Bertz CT molecular complexity index is 572. The van der Waals surface area contributed by atoms with Crippen molar-refractivity contribution in [1.82, 2.24) is 4.90 Å². The van der Waals surface area contributed by atoms with Crippen molar-refractivity contribution in [2.24, 2.45) is 5.92 Å². The number of hydrogen-bond donors (Lipinski definition) is 0. The Morgan fingerprint density at radius 2 is 1.68 bits per heavy atom. The second-order valence-electron chi connectivity index (χ2n) is 7.64. The van der Waals surface area contributed by atoms with Crippen LogP contribution in [0.15, 0.2) is 24.3 Å². The Labute approximate surface area is 151 Å². The number of amides is 1. The van der Waals surface area contributed by atoms with E-state index in [9.17, 15) is 9.59 Å². The summed E-state index contributed by atoms with van der Waals surface area (Å²) in [6.07, 6.45) is 0.0965. The molecule has 5 heteroatoms. The van der Waals surface area contributed by atoms with Crippen molar-refractivity contribution < 1.29 is 19.1 Å². The lowest BCUT2D eigenvalue weighted by Crippen LogP contribution is -2.45. The highest BCUT2D eigenvalue weighted by atomic mass is 16.6. The van der Waals surface area contributed by atoms with E-state index in [1.165, 1.54) is 7.11 Å². The summed E-state index contributed by atoms with van der Waals surface area (Å²) in [6.45, 7) is 11.6. The number of carbonyl (C=O) groups excluding carboxylic acids is 2. The summed E-state index contributed by atoms with van der Waals surface area (Å²) in [5, 5.41) is 0. The van der Waals surface area contributed by atoms with Crippen molar-refractivity contribution in [3.05, 3.63) is 35.4 Å². The van der Waals surface area contributed by atoms with Crippen LogP contribution in [0.5, 0.6) is 0 Å². The minimum atomic E-state index is -0.581. The Morgan fingerprint density at radius 3 is 2.12 bits per heavy atom. The van der Waals surface area contributed by atoms with Gasteiger partial charge in [-0.15, -0.1) is 0 Å². The number of hydrogen-bond acceptors (Lipinski definition) is 4. The third-order valence-electron chi connectivity index (χ3n) is 3.81. The molecule has 0 aromatic heterocycles. The molecular formula is C20H31NO4. The van der Waals surface area contributed by atoms with Crippen LogP contribution < -0.4 is 0 Å². The molecule has 0 aliphatic carbocycles. The number of ether oxygens (including phenoxy) is 2. The van der Waals surface area contributed by atoms with Crippen molar-refractivity contribution in [2.45, 2.75) is 59.6 Å². The summed E-state index contributed by atoms with van der Waals surface area (Å²) < 4.78 is 10.4. The van der Waals surface area contributed by atoms with Crippen molar-refractivity contribution >= 4 is 12.1 Å². The standard InChI is InChI=1S/C20H31NO4/c1-14(2)21(19(23)25-20(4,5)6)13-17(18(22)24-7)12-16-10-8-15(3)9-11-16/h8-11,14,17H,12-13H2,1-7H3. The molecular weight excluding hydrogens is 318 g/mol. The molecule has 1 aromatic rings. The lowest BCUT2D eigenvalue weighted by molar-refractivity contribution is -0.146. The molecule has 0 aliphatic heterocycles. The zero-order chi connectivity index (χ0) is 19.2. The first kappa shape index (κ1) is 21.0. The first-order valence-corrected chi connectivity index (χ1v) is 8.66. The van der Waals surface area contributed by atoms with E-state index in [0.717, 1.165) is 11.1 Å². The highest BCUT2D eigenvalue weighted by Gasteiger charge is 2.30. The minimum absolute atomic E-state index is 0.0833. The third kappa shape index (κ3) is 7.16. The Balaban J connectivity index is 2.94. The van der Waals surface area contributed by atoms with E-state index < -0.39 is 17.6 Å². The molecule has 0 radical (unpaired) electrons. The van der Waals surface area contributed by atoms with Crippen LogP contribution in [0.1, 0.15) is 45.7 Å². The topological polar surface area (TPSA) is 55.8 Å². The van der Waals surface area contributed by atoms with Crippen LogP contribution in [0.3, 0.4) is 0 Å². The quantitative estimate of drug-likeness (QED) is 0.729. The molecule has 5 nitrogen and oxygen atoms in total. The largest absolute Gasteiger partial charge is 0.469 e. The third-order valence-corrected chi connectivity index (χ3v) is 3.81. The zero-order valence-electron chi connectivity index (χ0n) is 16.5. The number of esters is 1. The number of carbonyl (C=O) groups is 2. The molecule has 1 unspecified atom stereocenters. The lowest BCUT2D eigenvalue weighted by Gasteiger charge is -2.32. The SMILES string of the molecule is COC(=O)C(Cc1ccc(C)cc1)CN(C(=O)OC(C)(C)C)C(C)C. The maximum absolute atomic E-state index is 12.5. The number of benzene rings is 1. The van der Waals surface area contributed by atoms with Crippen LogP contribution in [-0.2, 0) is 20.7 Å². The van der Waals surface area contributed by atoms with Gasteiger partial charge in [0.1, 0.15) is 5.60 Å². The lowest BCUT2D eigenvalue weighted by atomic mass is 9.97. The Kier molecular flexibility index (Phi) is 7.46. The summed E-state index contributed by atoms with van der Waals surface area (Å²) in [4.78, 5) is 26.3. The molecule has 25 heavy (non-hydrogen) atoms. The van der Waals surface area contributed by atoms with Crippen molar-refractivity contribution in [3.8, 4) is 0 Å². The predicted molar refractivity (Wildman–Crippen MR) is 98.5 cm³/mol. The number of nitrogens with zero attached hydrogens (tertiary/aromatic N) is 1. The molecule has 1 amide bonds. The molecule has 0 saturated heterocycles. The predicted octanol–water partition coefficient (Wildman–Crippen LogP) is 3.97. The average molecular weight is 349 g/mol. The van der Waals surface area contributed by atoms with Gasteiger partial charge in [0.15, 0.2) is 0 Å². The summed E-state index contributed by atoms with van der Waals surface area (Å²) in [6, 6.07) is 7.94. The normalized spacial score (nSPS) is 12.6. The van der Waals surface area contributed by atoms with E-state index in [1.54, 1.807) is 4.90 Å². The molecule has 0 bridgehead atoms. The zero-order valence-corrected chi connectivity index (χ0v) is 16.5. The fourth-order valence-electron chi connectivity index (χ4n) is 2.45. The summed E-state index contributed by atoms with van der Waals surface area (Å²) in [5.74, 6) is -0.766. The molecule has 0 heterocycles. The van der Waals surface area contributed by atoms with Crippen LogP contribution >= 0.6 is 0 Å². The van der Waals surface area contributed by atoms with Crippen LogP contribution in [0.2, 0.25) is 0 Å². The molecule has 0 spiro atoms. The van der Waals surface area contributed by atoms with Gasteiger partial charge in [-0.2, -0.15) is 0 Å². The van der Waals surface area contributed by atoms with Crippen molar-refractivity contribution in [3.63, 3.8) is 0 Å². The van der Waals surface area contributed by atoms with E-state index >= 15 is 0 Å². The maximum atomic E-state index is 12.5. The molecule has 1 rings (SSSR count). The fraction of sp³-hybridized carbons (Fsp3) is 0.600. The monoisotopic (exact) mass is 349 g/mol. The highest BCUT2D eigenvalue weighted by molar-refractivity contribution is 5.75. The number of aryl methyl sites for hydroxylation is 1. The number of rotatable bonds is 6. The molecule has 0 fully saturated rings. The van der Waals surface area contributed by atoms with Crippen LogP contribution in [-0.4, -0.2) is 42.3 Å². The van der Waals surface area contributed by atoms with Crippen LogP contribution in [0, 0.1) is 12.8 Å². The highest BCUT2D eigenvalue weighted by Crippen LogP contribution is 2.18. The Morgan fingerprint density at radius 1 is 1.12 bits per heavy atom. The van der Waals surface area contributed by atoms with Gasteiger partial charge in [0.05, 0.1) is 13.0 Å². The van der Waals surface area contributed by atoms with Gasteiger partial charge in [-0.25, -0.2) is 4.79 Å². The smallest absolute Gasteiger partial charge is 0.410 e. The van der Waals surface area contributed by atoms with E-state index in [2.05, 4.69) is 0 Å². The first-order valence-electron chi connectivity index (χ1n) is 8.66. The van der Waals surface area contributed by atoms with Gasteiger partial charge in [0.2, 0.25) is 0 Å². The molecule has 0 N–H and O–H groups in total. The van der Waals surface area contributed by atoms with Gasteiger partial charge in [-0.05, 0) is 53.5 Å². The molecule has 0 saturated carbocycles. The van der Waals surface area contributed by atoms with Gasteiger partial charge < -0.3 is 14.4 Å². The van der Waals surface area contributed by atoms with E-state index in [-0.39, 0.29) is 18.6 Å². The first-order chi connectivity index (χ1) is 11.5. The van der Waals surface area contributed by atoms with Gasteiger partial charge in [-0.3, -0.25) is 4.79 Å². The second kappa shape index (κ2) is 8.88. The second-order valence-corrected chi connectivity index (χ2v) is 7.64. The van der Waals surface area contributed by atoms with E-state index in [1.807, 2.05) is 65.8 Å². The molecule has 140 valence electrons. The number of methoxy groups -OCH3 is 1. The summed E-state index contributed by atoms with van der Waals surface area (Å²) in [7, 11) is 1.37. The van der Waals surface area contributed by atoms with Crippen molar-refractivity contribution in [1.29, 1.82) is 0 Å². The van der Waals surface area contributed by atoms with Gasteiger partial charge >= 0.3 is 12.1 Å². The van der Waals surface area contributed by atoms with Gasteiger partial charge in [-0.1, -0.05) is 29.8 Å². The molecule has 0 aliphatic rings. The molecule has 1 aromatic carbocycles. The minimum Gasteiger partial charge on any atom is -0.469 e. The van der Waals surface area contributed by atoms with Crippen molar-refractivity contribution in [2.75, 3.05) is 13.7 Å². The Hall–Kier alpha value is -2.04. The van der Waals surface area contributed by atoms with E-state index in [0.29, 0.717) is 6.42 Å². The van der Waals surface area contributed by atoms with Gasteiger partial charge in [0.25, 0.3) is 0 Å². The van der Waals surface area contributed by atoms with Gasteiger partial charge in [0, 0.05) is 12.6 Å². The average Bonchev–Trinajstić information content (AvgIpc) is 2.50. The maximum Gasteiger partial charge on any atom is 0.410 e.